The molecule has 1 heterocycles. The number of nitrogens with one attached hydrogen (secondary N) is 1. The Hall–Kier alpha value is -3.65. The minimum atomic E-state index is -4.43. The van der Waals surface area contributed by atoms with E-state index >= 15 is 0 Å². The number of alkyl halides is 3. The molecular formula is C29H29F3N2O3. The number of likely N-dealkylation sites (tertiary alicyclic amines) is 1. The number of benzene rings is 3. The van der Waals surface area contributed by atoms with E-state index in [-0.39, 0.29) is 17.9 Å². The molecule has 194 valence electrons. The van der Waals surface area contributed by atoms with Crippen LogP contribution in [0.3, 0.4) is 0 Å². The maximum Gasteiger partial charge on any atom is 0.416 e. The van der Waals surface area contributed by atoms with Crippen molar-refractivity contribution in [3.8, 4) is 11.1 Å². The number of halogens is 3. The quantitative estimate of drug-likeness (QED) is 0.428. The van der Waals surface area contributed by atoms with E-state index in [2.05, 4.69) is 24.4 Å². The van der Waals surface area contributed by atoms with Gasteiger partial charge in [0, 0.05) is 24.7 Å². The van der Waals surface area contributed by atoms with Gasteiger partial charge in [0.1, 0.15) is 6.04 Å². The summed E-state index contributed by atoms with van der Waals surface area (Å²) < 4.78 is 43.9. The summed E-state index contributed by atoms with van der Waals surface area (Å²) in [5.74, 6) is -0.703. The van der Waals surface area contributed by atoms with Gasteiger partial charge in [0.05, 0.1) is 12.7 Å². The first kappa shape index (κ1) is 26.4. The Bertz CT molecular complexity index is 1240. The molecule has 0 saturated carbocycles. The molecule has 1 amide bonds. The van der Waals surface area contributed by atoms with Gasteiger partial charge in [0.15, 0.2) is 0 Å². The highest BCUT2D eigenvalue weighted by atomic mass is 19.4. The summed E-state index contributed by atoms with van der Waals surface area (Å²) in [5, 5.41) is 3.02. The monoisotopic (exact) mass is 510 g/mol. The summed E-state index contributed by atoms with van der Waals surface area (Å²) in [6.45, 7) is 3.09. The fourth-order valence-electron chi connectivity index (χ4n) is 4.71. The van der Waals surface area contributed by atoms with Crippen LogP contribution >= 0.6 is 0 Å². The van der Waals surface area contributed by atoms with Crippen molar-refractivity contribution in [2.75, 3.05) is 13.7 Å². The summed E-state index contributed by atoms with van der Waals surface area (Å²) in [6.07, 6.45) is -3.09. The summed E-state index contributed by atoms with van der Waals surface area (Å²) in [6, 6.07) is 19.0. The molecule has 0 aliphatic carbocycles. The molecular weight excluding hydrogens is 481 g/mol. The number of carbonyl (C=O) groups is 2. The second-order valence-corrected chi connectivity index (χ2v) is 9.17. The third-order valence-electron chi connectivity index (χ3n) is 6.72. The van der Waals surface area contributed by atoms with Gasteiger partial charge in [-0.3, -0.25) is 14.5 Å². The molecule has 3 aromatic rings. The lowest BCUT2D eigenvalue weighted by Gasteiger charge is -2.22. The molecule has 1 saturated heterocycles. The van der Waals surface area contributed by atoms with Gasteiger partial charge in [0.2, 0.25) is 0 Å². The normalized spacial score (nSPS) is 18.0. The van der Waals surface area contributed by atoms with Crippen LogP contribution in [0, 0.1) is 0 Å². The molecule has 1 aliphatic rings. The first-order valence-corrected chi connectivity index (χ1v) is 12.2. The molecule has 2 atom stereocenters. The molecule has 37 heavy (non-hydrogen) atoms. The summed E-state index contributed by atoms with van der Waals surface area (Å²) in [4.78, 5) is 27.8. The molecule has 4 rings (SSSR count). The van der Waals surface area contributed by atoms with Crippen molar-refractivity contribution >= 4 is 11.9 Å². The van der Waals surface area contributed by atoms with Crippen LogP contribution in [-0.4, -0.2) is 42.5 Å². The second kappa shape index (κ2) is 11.2. The van der Waals surface area contributed by atoms with Gasteiger partial charge in [-0.2, -0.15) is 13.2 Å². The van der Waals surface area contributed by atoms with E-state index in [1.165, 1.54) is 24.8 Å². The third-order valence-corrected chi connectivity index (χ3v) is 6.72. The SMILES string of the molecule is CCc1ccc(CN2C[C@H](NC(=O)c3ccccc3-c3ccc(C(F)(F)F)cc3)C[C@H]2C(=O)OC)cc1. The molecule has 8 heteroatoms. The van der Waals surface area contributed by atoms with E-state index in [9.17, 15) is 22.8 Å². The highest BCUT2D eigenvalue weighted by Gasteiger charge is 2.38. The topological polar surface area (TPSA) is 58.6 Å². The van der Waals surface area contributed by atoms with Gasteiger partial charge in [-0.05, 0) is 53.3 Å². The lowest BCUT2D eigenvalue weighted by Crippen LogP contribution is -2.37. The Morgan fingerprint density at radius 1 is 0.973 bits per heavy atom. The maximum absolute atomic E-state index is 13.3. The zero-order valence-electron chi connectivity index (χ0n) is 20.7. The molecule has 1 aliphatic heterocycles. The van der Waals surface area contributed by atoms with E-state index in [0.29, 0.717) is 36.2 Å². The van der Waals surface area contributed by atoms with Gasteiger partial charge in [-0.1, -0.05) is 61.5 Å². The number of rotatable bonds is 7. The molecule has 0 spiro atoms. The predicted molar refractivity (Wildman–Crippen MR) is 135 cm³/mol. The number of esters is 1. The van der Waals surface area contributed by atoms with Crippen LogP contribution in [0.1, 0.15) is 40.4 Å². The number of carbonyl (C=O) groups excluding carboxylic acids is 2. The van der Waals surface area contributed by atoms with Crippen molar-refractivity contribution in [3.63, 3.8) is 0 Å². The standard InChI is InChI=1S/C29H29F3N2O3/c1-3-19-8-10-20(11-9-19)17-34-18-23(16-26(34)28(36)37-2)33-27(35)25-7-5-4-6-24(25)21-12-14-22(15-13-21)29(30,31)32/h4-15,23,26H,3,16-18H2,1-2H3,(H,33,35)/t23-,26+/m1/s1. The zero-order chi connectivity index (χ0) is 26.6. The van der Waals surface area contributed by atoms with Gasteiger partial charge in [-0.15, -0.1) is 0 Å². The first-order chi connectivity index (χ1) is 17.7. The molecule has 1 N–H and O–H groups in total. The largest absolute Gasteiger partial charge is 0.468 e. The molecule has 0 bridgehead atoms. The number of hydrogen-bond acceptors (Lipinski definition) is 4. The van der Waals surface area contributed by atoms with E-state index in [0.717, 1.165) is 24.1 Å². The van der Waals surface area contributed by atoms with Crippen LogP contribution in [-0.2, 0) is 28.7 Å². The van der Waals surface area contributed by atoms with Gasteiger partial charge >= 0.3 is 12.1 Å². The molecule has 5 nitrogen and oxygen atoms in total. The van der Waals surface area contributed by atoms with Crippen LogP contribution < -0.4 is 5.32 Å². The molecule has 1 fully saturated rings. The molecule has 0 unspecified atom stereocenters. The van der Waals surface area contributed by atoms with E-state index < -0.39 is 17.8 Å². The van der Waals surface area contributed by atoms with E-state index in [1.807, 2.05) is 17.0 Å². The average Bonchev–Trinajstić information content (AvgIpc) is 3.30. The smallest absolute Gasteiger partial charge is 0.416 e. The molecule has 3 aromatic carbocycles. The average molecular weight is 511 g/mol. The van der Waals surface area contributed by atoms with Crippen molar-refractivity contribution in [2.45, 2.75) is 44.6 Å². The molecule has 0 aromatic heterocycles. The highest BCUT2D eigenvalue weighted by Crippen LogP contribution is 2.32. The summed E-state index contributed by atoms with van der Waals surface area (Å²) >= 11 is 0. The molecule has 0 radical (unpaired) electrons. The number of ether oxygens (including phenoxy) is 1. The van der Waals surface area contributed by atoms with Crippen LogP contribution in [0.4, 0.5) is 13.2 Å². The Morgan fingerprint density at radius 2 is 1.62 bits per heavy atom. The summed E-state index contributed by atoms with van der Waals surface area (Å²) in [5.41, 5.74) is 2.93. The lowest BCUT2D eigenvalue weighted by molar-refractivity contribution is -0.146. The van der Waals surface area contributed by atoms with E-state index in [4.69, 9.17) is 4.74 Å². The van der Waals surface area contributed by atoms with Gasteiger partial charge in [-0.25, -0.2) is 0 Å². The Morgan fingerprint density at radius 3 is 2.24 bits per heavy atom. The number of methoxy groups -OCH3 is 1. The van der Waals surface area contributed by atoms with Crippen molar-refractivity contribution in [1.82, 2.24) is 10.2 Å². The van der Waals surface area contributed by atoms with Crippen molar-refractivity contribution < 1.29 is 27.5 Å². The second-order valence-electron chi connectivity index (χ2n) is 9.17. The van der Waals surface area contributed by atoms with E-state index in [1.54, 1.807) is 24.3 Å². The van der Waals surface area contributed by atoms with Crippen LogP contribution in [0.5, 0.6) is 0 Å². The fraction of sp³-hybridized carbons (Fsp3) is 0.310. The predicted octanol–water partition coefficient (Wildman–Crippen LogP) is 5.48. The number of amides is 1. The lowest BCUT2D eigenvalue weighted by atomic mass is 9.98. The van der Waals surface area contributed by atoms with Crippen LogP contribution in [0.2, 0.25) is 0 Å². The fourth-order valence-corrected chi connectivity index (χ4v) is 4.71. The van der Waals surface area contributed by atoms with Crippen LogP contribution in [0.15, 0.2) is 72.8 Å². The Balaban J connectivity index is 1.50. The minimum Gasteiger partial charge on any atom is -0.468 e. The van der Waals surface area contributed by atoms with Crippen LogP contribution in [0.25, 0.3) is 11.1 Å². The first-order valence-electron chi connectivity index (χ1n) is 12.2. The number of aryl methyl sites for hydroxylation is 1. The number of hydrogen-bond donors (Lipinski definition) is 1. The Labute approximate surface area is 214 Å². The van der Waals surface area contributed by atoms with Crippen molar-refractivity contribution in [3.05, 3.63) is 95.1 Å². The maximum atomic E-state index is 13.3. The third kappa shape index (κ3) is 6.20. The van der Waals surface area contributed by atoms with Crippen molar-refractivity contribution in [2.24, 2.45) is 0 Å². The number of nitrogens with zero attached hydrogens (tertiary/aromatic N) is 1. The summed E-state index contributed by atoms with van der Waals surface area (Å²) in [7, 11) is 1.35. The zero-order valence-corrected chi connectivity index (χ0v) is 20.7. The van der Waals surface area contributed by atoms with Gasteiger partial charge < -0.3 is 10.1 Å². The van der Waals surface area contributed by atoms with Crippen molar-refractivity contribution in [1.29, 1.82) is 0 Å². The highest BCUT2D eigenvalue weighted by molar-refractivity contribution is 6.01. The Kier molecular flexibility index (Phi) is 7.97. The van der Waals surface area contributed by atoms with Gasteiger partial charge in [0.25, 0.3) is 5.91 Å². The minimum absolute atomic E-state index is 0.299.